The molecule has 0 unspecified atom stereocenters. The predicted molar refractivity (Wildman–Crippen MR) is 66.2 cm³/mol. The fourth-order valence-electron chi connectivity index (χ4n) is 2.21. The molecule has 0 bridgehead atoms. The Kier molecular flexibility index (Phi) is 2.72. The SMILES string of the molecule is Fc1cc(Br)ccc1[C@@H]1NCCc2[nH]cnc21. The van der Waals surface area contributed by atoms with Crippen molar-refractivity contribution in [1.29, 1.82) is 0 Å². The quantitative estimate of drug-likeness (QED) is 0.849. The molecule has 2 aromatic rings. The molecular formula is C12H11BrFN3. The Morgan fingerprint density at radius 1 is 1.41 bits per heavy atom. The lowest BCUT2D eigenvalue weighted by atomic mass is 9.98. The van der Waals surface area contributed by atoms with E-state index in [1.165, 1.54) is 6.07 Å². The summed E-state index contributed by atoms with van der Waals surface area (Å²) < 4.78 is 14.7. The number of rotatable bonds is 1. The van der Waals surface area contributed by atoms with Crippen LogP contribution in [0.4, 0.5) is 4.39 Å². The van der Waals surface area contributed by atoms with Gasteiger partial charge in [0.2, 0.25) is 0 Å². The standard InChI is InChI=1S/C12H11BrFN3/c13-7-1-2-8(9(14)5-7)11-12-10(3-4-15-11)16-6-17-12/h1-2,5-6,11,15H,3-4H2,(H,16,17)/t11-/m0/s1. The molecule has 0 amide bonds. The number of fused-ring (bicyclic) bond motifs is 1. The second-order valence-electron chi connectivity index (χ2n) is 4.07. The van der Waals surface area contributed by atoms with E-state index in [1.54, 1.807) is 12.4 Å². The summed E-state index contributed by atoms with van der Waals surface area (Å²) in [6, 6.07) is 4.97. The lowest BCUT2D eigenvalue weighted by molar-refractivity contribution is 0.518. The molecule has 0 fully saturated rings. The molecule has 0 spiro atoms. The molecule has 3 rings (SSSR count). The minimum atomic E-state index is -0.215. The van der Waals surface area contributed by atoms with Crippen LogP contribution in [0.1, 0.15) is 23.0 Å². The Morgan fingerprint density at radius 2 is 2.29 bits per heavy atom. The van der Waals surface area contributed by atoms with Gasteiger partial charge in [-0.2, -0.15) is 0 Å². The number of hydrogen-bond acceptors (Lipinski definition) is 2. The van der Waals surface area contributed by atoms with E-state index in [2.05, 4.69) is 31.2 Å². The minimum Gasteiger partial charge on any atom is -0.348 e. The van der Waals surface area contributed by atoms with E-state index >= 15 is 0 Å². The molecule has 1 aromatic heterocycles. The summed E-state index contributed by atoms with van der Waals surface area (Å²) in [6.45, 7) is 0.829. The highest BCUT2D eigenvalue weighted by Crippen LogP contribution is 2.29. The Morgan fingerprint density at radius 3 is 3.12 bits per heavy atom. The van der Waals surface area contributed by atoms with Gasteiger partial charge in [-0.15, -0.1) is 0 Å². The van der Waals surface area contributed by atoms with Gasteiger partial charge in [0.25, 0.3) is 0 Å². The summed E-state index contributed by atoms with van der Waals surface area (Å²) in [6.07, 6.45) is 2.57. The second-order valence-corrected chi connectivity index (χ2v) is 4.98. The van der Waals surface area contributed by atoms with Gasteiger partial charge in [-0.05, 0) is 12.1 Å². The largest absolute Gasteiger partial charge is 0.348 e. The first-order valence-corrected chi connectivity index (χ1v) is 6.25. The number of hydrogen-bond donors (Lipinski definition) is 2. The molecule has 3 nitrogen and oxygen atoms in total. The lowest BCUT2D eigenvalue weighted by Gasteiger charge is -2.23. The zero-order chi connectivity index (χ0) is 11.8. The Hall–Kier alpha value is -1.20. The predicted octanol–water partition coefficient (Wildman–Crippen LogP) is 2.55. The van der Waals surface area contributed by atoms with Crippen molar-refractivity contribution in [3.05, 3.63) is 51.8 Å². The smallest absolute Gasteiger partial charge is 0.129 e. The van der Waals surface area contributed by atoms with Crippen molar-refractivity contribution in [2.24, 2.45) is 0 Å². The van der Waals surface area contributed by atoms with Gasteiger partial charge in [0.05, 0.1) is 18.1 Å². The number of aromatic amines is 1. The minimum absolute atomic E-state index is 0.155. The number of H-pyrrole nitrogens is 1. The third-order valence-corrected chi connectivity index (χ3v) is 3.52. The summed E-state index contributed by atoms with van der Waals surface area (Å²) in [5.74, 6) is -0.215. The molecule has 17 heavy (non-hydrogen) atoms. The fourth-order valence-corrected chi connectivity index (χ4v) is 2.54. The number of benzene rings is 1. The van der Waals surface area contributed by atoms with Crippen LogP contribution in [-0.4, -0.2) is 16.5 Å². The Bertz CT molecular complexity index is 552. The van der Waals surface area contributed by atoms with Gasteiger partial charge in [0.1, 0.15) is 5.82 Å². The van der Waals surface area contributed by atoms with Gasteiger partial charge in [0.15, 0.2) is 0 Å². The normalized spacial score (nSPS) is 19.1. The molecule has 2 N–H and O–H groups in total. The molecule has 0 saturated carbocycles. The maximum Gasteiger partial charge on any atom is 0.129 e. The highest BCUT2D eigenvalue weighted by molar-refractivity contribution is 9.10. The van der Waals surface area contributed by atoms with E-state index in [0.717, 1.165) is 28.8 Å². The average Bonchev–Trinajstić information content (AvgIpc) is 2.77. The van der Waals surface area contributed by atoms with Gasteiger partial charge in [-0.1, -0.05) is 22.0 Å². The van der Waals surface area contributed by atoms with Crippen LogP contribution >= 0.6 is 15.9 Å². The number of aromatic nitrogens is 2. The van der Waals surface area contributed by atoms with Crippen LogP contribution in [0.5, 0.6) is 0 Å². The summed E-state index contributed by atoms with van der Waals surface area (Å²) in [5.41, 5.74) is 2.63. The zero-order valence-electron chi connectivity index (χ0n) is 9.00. The molecule has 1 aliphatic rings. The first kappa shape index (κ1) is 10.9. The van der Waals surface area contributed by atoms with Crippen molar-refractivity contribution in [2.75, 3.05) is 6.54 Å². The van der Waals surface area contributed by atoms with Gasteiger partial charge < -0.3 is 10.3 Å². The van der Waals surface area contributed by atoms with E-state index in [9.17, 15) is 4.39 Å². The van der Waals surface area contributed by atoms with Crippen LogP contribution in [0.15, 0.2) is 29.0 Å². The molecule has 5 heteroatoms. The summed E-state index contributed by atoms with van der Waals surface area (Å²) >= 11 is 3.26. The van der Waals surface area contributed by atoms with Crippen molar-refractivity contribution in [2.45, 2.75) is 12.5 Å². The highest BCUT2D eigenvalue weighted by Gasteiger charge is 2.25. The summed E-state index contributed by atoms with van der Waals surface area (Å²) in [4.78, 5) is 7.39. The van der Waals surface area contributed by atoms with Gasteiger partial charge in [-0.3, -0.25) is 0 Å². The maximum absolute atomic E-state index is 13.9. The summed E-state index contributed by atoms with van der Waals surface area (Å²) in [7, 11) is 0. The number of halogens is 2. The highest BCUT2D eigenvalue weighted by atomic mass is 79.9. The van der Waals surface area contributed by atoms with Gasteiger partial charge >= 0.3 is 0 Å². The first-order chi connectivity index (χ1) is 8.25. The molecule has 0 aliphatic carbocycles. The van der Waals surface area contributed by atoms with Crippen LogP contribution in [-0.2, 0) is 6.42 Å². The van der Waals surface area contributed by atoms with E-state index < -0.39 is 0 Å². The molecule has 1 aliphatic heterocycles. The average molecular weight is 296 g/mol. The van der Waals surface area contributed by atoms with Crippen molar-refractivity contribution >= 4 is 15.9 Å². The van der Waals surface area contributed by atoms with Crippen LogP contribution in [0.3, 0.4) is 0 Å². The van der Waals surface area contributed by atoms with Crippen LogP contribution < -0.4 is 5.32 Å². The van der Waals surface area contributed by atoms with Gasteiger partial charge in [-0.25, -0.2) is 9.37 Å². The molecule has 0 saturated heterocycles. The van der Waals surface area contributed by atoms with Crippen LogP contribution in [0.2, 0.25) is 0 Å². The first-order valence-electron chi connectivity index (χ1n) is 5.46. The van der Waals surface area contributed by atoms with Crippen molar-refractivity contribution in [1.82, 2.24) is 15.3 Å². The number of nitrogens with one attached hydrogen (secondary N) is 2. The molecule has 2 heterocycles. The zero-order valence-corrected chi connectivity index (χ0v) is 10.6. The maximum atomic E-state index is 13.9. The van der Waals surface area contributed by atoms with Crippen molar-refractivity contribution in [3.8, 4) is 0 Å². The van der Waals surface area contributed by atoms with Crippen LogP contribution in [0.25, 0.3) is 0 Å². The van der Waals surface area contributed by atoms with E-state index in [1.807, 2.05) is 6.07 Å². The van der Waals surface area contributed by atoms with Crippen LogP contribution in [0, 0.1) is 5.82 Å². The number of imidazole rings is 1. The Balaban J connectivity index is 2.06. The molecular weight excluding hydrogens is 285 g/mol. The molecule has 0 radical (unpaired) electrons. The fraction of sp³-hybridized carbons (Fsp3) is 0.250. The monoisotopic (exact) mass is 295 g/mol. The molecule has 1 aromatic carbocycles. The number of nitrogens with zero attached hydrogens (tertiary/aromatic N) is 1. The van der Waals surface area contributed by atoms with Gasteiger partial charge in [0, 0.05) is 28.7 Å². The molecule has 88 valence electrons. The molecule has 1 atom stereocenters. The third kappa shape index (κ3) is 1.89. The van der Waals surface area contributed by atoms with E-state index in [4.69, 9.17) is 0 Å². The van der Waals surface area contributed by atoms with E-state index in [-0.39, 0.29) is 11.9 Å². The third-order valence-electron chi connectivity index (χ3n) is 3.02. The van der Waals surface area contributed by atoms with E-state index in [0.29, 0.717) is 5.56 Å². The topological polar surface area (TPSA) is 40.7 Å². The second kappa shape index (κ2) is 4.23. The summed E-state index contributed by atoms with van der Waals surface area (Å²) in [5, 5.41) is 3.30. The van der Waals surface area contributed by atoms with Crippen molar-refractivity contribution in [3.63, 3.8) is 0 Å². The lowest BCUT2D eigenvalue weighted by Crippen LogP contribution is -2.31. The van der Waals surface area contributed by atoms with Crippen molar-refractivity contribution < 1.29 is 4.39 Å². The Labute approximate surface area is 107 Å².